The minimum Gasteiger partial charge on any atom is -0.304 e. The molecule has 0 spiro atoms. The summed E-state index contributed by atoms with van der Waals surface area (Å²) >= 11 is 0. The van der Waals surface area contributed by atoms with Crippen LogP contribution in [0.25, 0.3) is 0 Å². The molecule has 1 saturated carbocycles. The summed E-state index contributed by atoms with van der Waals surface area (Å²) in [6.45, 7) is 10.3. The SMILES string of the molecule is CCN(CC)CC[C@H]1CN(C2CCC2)Cc2ccnn21. The molecular weight excluding hydrogens is 248 g/mol. The van der Waals surface area contributed by atoms with Crippen molar-refractivity contribution >= 4 is 0 Å². The molecule has 0 bridgehead atoms. The van der Waals surface area contributed by atoms with Crippen LogP contribution in [0, 0.1) is 0 Å². The van der Waals surface area contributed by atoms with Gasteiger partial charge in [0.05, 0.1) is 11.7 Å². The summed E-state index contributed by atoms with van der Waals surface area (Å²) in [7, 11) is 0. The lowest BCUT2D eigenvalue weighted by Crippen LogP contribution is -2.47. The maximum absolute atomic E-state index is 4.58. The van der Waals surface area contributed by atoms with Gasteiger partial charge in [-0.3, -0.25) is 9.58 Å². The third-order valence-electron chi connectivity index (χ3n) is 5.17. The number of fused-ring (bicyclic) bond motifs is 1. The van der Waals surface area contributed by atoms with Gasteiger partial charge in [-0.05, 0) is 38.4 Å². The monoisotopic (exact) mass is 276 g/mol. The standard InChI is InChI=1S/C16H28N4/c1-3-18(4-2)11-9-16-13-19(14-6-5-7-14)12-15-8-10-17-20(15)16/h8,10,14,16H,3-7,9,11-13H2,1-2H3/t16-/m0/s1. The smallest absolute Gasteiger partial charge is 0.0662 e. The maximum Gasteiger partial charge on any atom is 0.0662 e. The Morgan fingerprint density at radius 3 is 2.75 bits per heavy atom. The molecule has 0 saturated heterocycles. The van der Waals surface area contributed by atoms with E-state index in [9.17, 15) is 0 Å². The summed E-state index contributed by atoms with van der Waals surface area (Å²) < 4.78 is 2.29. The molecule has 1 atom stereocenters. The Morgan fingerprint density at radius 1 is 1.30 bits per heavy atom. The Kier molecular flexibility index (Phi) is 4.41. The molecule has 1 aliphatic heterocycles. The first-order valence-corrected chi connectivity index (χ1v) is 8.30. The van der Waals surface area contributed by atoms with Crippen molar-refractivity contribution in [3.63, 3.8) is 0 Å². The topological polar surface area (TPSA) is 24.3 Å². The lowest BCUT2D eigenvalue weighted by Gasteiger charge is -2.43. The molecule has 0 radical (unpaired) electrons. The number of nitrogens with zero attached hydrogens (tertiary/aromatic N) is 4. The predicted octanol–water partition coefficient (Wildman–Crippen LogP) is 2.52. The third-order valence-corrected chi connectivity index (χ3v) is 5.17. The minimum atomic E-state index is 0.565. The van der Waals surface area contributed by atoms with Crippen LogP contribution in [0.2, 0.25) is 0 Å². The van der Waals surface area contributed by atoms with Crippen LogP contribution in [0.5, 0.6) is 0 Å². The van der Waals surface area contributed by atoms with E-state index in [1.54, 1.807) is 0 Å². The predicted molar refractivity (Wildman–Crippen MR) is 81.7 cm³/mol. The van der Waals surface area contributed by atoms with Crippen molar-refractivity contribution < 1.29 is 0 Å². The largest absolute Gasteiger partial charge is 0.304 e. The average molecular weight is 276 g/mol. The molecule has 0 aromatic carbocycles. The van der Waals surface area contributed by atoms with Crippen molar-refractivity contribution in [3.05, 3.63) is 18.0 Å². The quantitative estimate of drug-likeness (QED) is 0.798. The fourth-order valence-corrected chi connectivity index (χ4v) is 3.53. The molecule has 2 aliphatic rings. The van der Waals surface area contributed by atoms with Gasteiger partial charge < -0.3 is 4.90 Å². The molecule has 0 unspecified atom stereocenters. The van der Waals surface area contributed by atoms with Crippen LogP contribution >= 0.6 is 0 Å². The molecule has 1 aliphatic carbocycles. The van der Waals surface area contributed by atoms with Crippen molar-refractivity contribution in [3.8, 4) is 0 Å². The third kappa shape index (κ3) is 2.77. The fourth-order valence-electron chi connectivity index (χ4n) is 3.53. The lowest BCUT2D eigenvalue weighted by atomic mass is 9.90. The molecule has 4 nitrogen and oxygen atoms in total. The first-order valence-electron chi connectivity index (χ1n) is 8.30. The minimum absolute atomic E-state index is 0.565. The average Bonchev–Trinajstić information content (AvgIpc) is 2.86. The highest BCUT2D eigenvalue weighted by molar-refractivity contribution is 5.06. The van der Waals surface area contributed by atoms with Crippen LogP contribution in [0.15, 0.2) is 12.3 Å². The number of aromatic nitrogens is 2. The van der Waals surface area contributed by atoms with Crippen LogP contribution in [0.4, 0.5) is 0 Å². The normalized spacial score (nSPS) is 23.9. The number of hydrogen-bond donors (Lipinski definition) is 0. The van der Waals surface area contributed by atoms with Crippen LogP contribution in [-0.4, -0.2) is 51.8 Å². The molecule has 1 fully saturated rings. The summed E-state index contributed by atoms with van der Waals surface area (Å²) in [5, 5.41) is 4.58. The van der Waals surface area contributed by atoms with Crippen molar-refractivity contribution in [2.75, 3.05) is 26.2 Å². The van der Waals surface area contributed by atoms with Crippen LogP contribution in [-0.2, 0) is 6.54 Å². The Balaban J connectivity index is 1.66. The second-order valence-electron chi connectivity index (χ2n) is 6.25. The molecule has 2 heterocycles. The molecule has 0 N–H and O–H groups in total. The molecular formula is C16H28N4. The van der Waals surface area contributed by atoms with E-state index < -0.39 is 0 Å². The highest BCUT2D eigenvalue weighted by atomic mass is 15.4. The summed E-state index contributed by atoms with van der Waals surface area (Å²) in [5.74, 6) is 0. The molecule has 112 valence electrons. The Bertz CT molecular complexity index is 420. The molecule has 1 aromatic rings. The van der Waals surface area contributed by atoms with Gasteiger partial charge in [-0.25, -0.2) is 0 Å². The van der Waals surface area contributed by atoms with Crippen molar-refractivity contribution in [2.45, 2.75) is 58.2 Å². The fraction of sp³-hybridized carbons (Fsp3) is 0.812. The van der Waals surface area contributed by atoms with Gasteiger partial charge in [0.2, 0.25) is 0 Å². The summed E-state index contributed by atoms with van der Waals surface area (Å²) in [6, 6.07) is 3.61. The highest BCUT2D eigenvalue weighted by Gasteiger charge is 2.32. The second kappa shape index (κ2) is 6.27. The summed E-state index contributed by atoms with van der Waals surface area (Å²) in [6.07, 6.45) is 7.42. The zero-order valence-electron chi connectivity index (χ0n) is 13.0. The number of rotatable bonds is 6. The van der Waals surface area contributed by atoms with E-state index in [0.29, 0.717) is 6.04 Å². The zero-order valence-corrected chi connectivity index (χ0v) is 13.0. The van der Waals surface area contributed by atoms with Gasteiger partial charge in [-0.15, -0.1) is 0 Å². The molecule has 4 heteroatoms. The lowest BCUT2D eigenvalue weighted by molar-refractivity contribution is 0.0698. The summed E-state index contributed by atoms with van der Waals surface area (Å²) in [4.78, 5) is 5.22. The molecule has 20 heavy (non-hydrogen) atoms. The van der Waals surface area contributed by atoms with Gasteiger partial charge in [0.25, 0.3) is 0 Å². The van der Waals surface area contributed by atoms with Gasteiger partial charge in [0.1, 0.15) is 0 Å². The van der Waals surface area contributed by atoms with Crippen molar-refractivity contribution in [2.24, 2.45) is 0 Å². The van der Waals surface area contributed by atoms with Crippen LogP contribution < -0.4 is 0 Å². The van der Waals surface area contributed by atoms with E-state index in [1.807, 2.05) is 6.20 Å². The molecule has 1 aromatic heterocycles. The van der Waals surface area contributed by atoms with E-state index in [0.717, 1.165) is 25.7 Å². The summed E-state index contributed by atoms with van der Waals surface area (Å²) in [5.41, 5.74) is 1.41. The maximum atomic E-state index is 4.58. The van der Waals surface area contributed by atoms with E-state index in [2.05, 4.69) is 39.5 Å². The number of hydrogen-bond acceptors (Lipinski definition) is 3. The van der Waals surface area contributed by atoms with E-state index in [-0.39, 0.29) is 0 Å². The van der Waals surface area contributed by atoms with Crippen molar-refractivity contribution in [1.82, 2.24) is 19.6 Å². The van der Waals surface area contributed by atoms with Gasteiger partial charge in [0, 0.05) is 31.9 Å². The highest BCUT2D eigenvalue weighted by Crippen LogP contribution is 2.31. The van der Waals surface area contributed by atoms with Crippen molar-refractivity contribution in [1.29, 1.82) is 0 Å². The van der Waals surface area contributed by atoms with Gasteiger partial charge in [-0.1, -0.05) is 20.3 Å². The zero-order chi connectivity index (χ0) is 13.9. The first kappa shape index (κ1) is 14.1. The molecule has 3 rings (SSSR count). The Hall–Kier alpha value is -0.870. The van der Waals surface area contributed by atoms with Crippen LogP contribution in [0.1, 0.15) is 51.3 Å². The van der Waals surface area contributed by atoms with Gasteiger partial charge in [-0.2, -0.15) is 5.10 Å². The van der Waals surface area contributed by atoms with E-state index >= 15 is 0 Å². The first-order chi connectivity index (χ1) is 9.81. The Labute approximate surface area is 122 Å². The van der Waals surface area contributed by atoms with Gasteiger partial charge in [0.15, 0.2) is 0 Å². The van der Waals surface area contributed by atoms with Gasteiger partial charge >= 0.3 is 0 Å². The van der Waals surface area contributed by atoms with Crippen LogP contribution in [0.3, 0.4) is 0 Å². The van der Waals surface area contributed by atoms with E-state index in [1.165, 1.54) is 44.5 Å². The molecule has 0 amide bonds. The van der Waals surface area contributed by atoms with E-state index in [4.69, 9.17) is 0 Å². The second-order valence-corrected chi connectivity index (χ2v) is 6.25. The Morgan fingerprint density at radius 2 is 2.10 bits per heavy atom.